The number of rotatable bonds is 9. The molecule has 0 unspecified atom stereocenters. The molecule has 4 aromatic carbocycles. The molecule has 0 aliphatic rings. The molecular weight excluding hydrogens is 551 g/mol. The molecule has 36 heavy (non-hydrogen) atoms. The third kappa shape index (κ3) is 4.31. The zero-order valence-electron chi connectivity index (χ0n) is 20.5. The van der Waals surface area contributed by atoms with E-state index in [0.717, 1.165) is 16.3 Å². The van der Waals surface area contributed by atoms with Gasteiger partial charge >= 0.3 is 238 Å². The summed E-state index contributed by atoms with van der Waals surface area (Å²) >= 11 is 19.9. The first-order chi connectivity index (χ1) is 17.5. The van der Waals surface area contributed by atoms with Crippen LogP contribution >= 0.6 is 48.9 Å². The first kappa shape index (κ1) is 27.5. The van der Waals surface area contributed by atoms with Gasteiger partial charge in [0, 0.05) is 0 Å². The summed E-state index contributed by atoms with van der Waals surface area (Å²) in [5.74, 6) is -3.44. The molecule has 184 valence electrons. The Balaban J connectivity index is 2.25. The van der Waals surface area contributed by atoms with Crippen LogP contribution < -0.4 is 21.2 Å². The molecule has 0 radical (unpaired) electrons. The standard InChI is InChI=1S/C30H30P2S4/c1-3-31(4-2,29(33)34)30(35)36-32(25-17-9-5-10-18-25,26-19-11-6-12-20-26,27-21-13-7-14-22-27)28-23-15-8-16-24-28/h5-24H,3-4H2,1-2H3. The SMILES string of the molecule is CC[P+](CC)(C(=S)[S-])C(=S)SP(c1ccccc1)(c1ccccc1)(c1ccccc1)c1ccccc1. The summed E-state index contributed by atoms with van der Waals surface area (Å²) in [6.07, 6.45) is 1.80. The normalized spacial score (nSPS) is 12.9. The molecule has 0 saturated heterocycles. The fourth-order valence-electron chi connectivity index (χ4n) is 5.00. The van der Waals surface area contributed by atoms with Gasteiger partial charge in [-0.2, -0.15) is 0 Å². The van der Waals surface area contributed by atoms with Crippen LogP contribution in [-0.4, -0.2) is 20.2 Å². The molecule has 0 bridgehead atoms. The summed E-state index contributed by atoms with van der Waals surface area (Å²) in [6, 6.07) is 43.8. The molecule has 0 spiro atoms. The molecular formula is C30H30P2S4. The van der Waals surface area contributed by atoms with Crippen LogP contribution in [0.25, 0.3) is 0 Å². The van der Waals surface area contributed by atoms with E-state index in [1.54, 1.807) is 0 Å². The van der Waals surface area contributed by atoms with Crippen LogP contribution in [-0.2, 0) is 12.6 Å². The van der Waals surface area contributed by atoms with Gasteiger partial charge in [0.1, 0.15) is 0 Å². The minimum atomic E-state index is -3.44. The van der Waals surface area contributed by atoms with Crippen molar-refractivity contribution in [2.45, 2.75) is 13.8 Å². The molecule has 0 aliphatic heterocycles. The predicted molar refractivity (Wildman–Crippen MR) is 179 cm³/mol. The second kappa shape index (κ2) is 11.5. The van der Waals surface area contributed by atoms with Crippen LogP contribution in [0.3, 0.4) is 0 Å². The molecule has 0 N–H and O–H groups in total. The van der Waals surface area contributed by atoms with Gasteiger partial charge < -0.3 is 0 Å². The van der Waals surface area contributed by atoms with E-state index in [2.05, 4.69) is 135 Å². The first-order valence-corrected chi connectivity index (χ1v) is 19.1. The van der Waals surface area contributed by atoms with Crippen molar-refractivity contribution >= 4 is 90.6 Å². The van der Waals surface area contributed by atoms with Crippen molar-refractivity contribution in [1.29, 1.82) is 0 Å². The minimum absolute atomic E-state index is 0.670. The van der Waals surface area contributed by atoms with Gasteiger partial charge in [0.25, 0.3) is 0 Å². The van der Waals surface area contributed by atoms with Gasteiger partial charge in [-0.15, -0.1) is 0 Å². The van der Waals surface area contributed by atoms with Gasteiger partial charge in [0.2, 0.25) is 0 Å². The Kier molecular flexibility index (Phi) is 8.78. The van der Waals surface area contributed by atoms with E-state index >= 15 is 0 Å². The molecule has 0 nitrogen and oxygen atoms in total. The van der Waals surface area contributed by atoms with Crippen molar-refractivity contribution in [3.8, 4) is 0 Å². The average Bonchev–Trinajstić information content (AvgIpc) is 2.94. The van der Waals surface area contributed by atoms with Crippen LogP contribution in [0.15, 0.2) is 121 Å². The second-order valence-electron chi connectivity index (χ2n) is 8.60. The number of hydrogen-bond acceptors (Lipinski definition) is 4. The summed E-state index contributed by atoms with van der Waals surface area (Å²) in [7, 11) is -1.97. The van der Waals surface area contributed by atoms with E-state index in [1.807, 2.05) is 11.4 Å². The fourth-order valence-corrected chi connectivity index (χ4v) is 25.5. The summed E-state index contributed by atoms with van der Waals surface area (Å²) in [5, 5.41) is 5.11. The first-order valence-electron chi connectivity index (χ1n) is 12.0. The Morgan fingerprint density at radius 2 is 0.889 bits per heavy atom. The fraction of sp³-hybridized carbons (Fsp3) is 0.133. The molecule has 4 aromatic rings. The summed E-state index contributed by atoms with van der Waals surface area (Å²) in [6.45, 7) is 4.40. The topological polar surface area (TPSA) is 0 Å². The second-order valence-corrected chi connectivity index (χ2v) is 23.1. The molecule has 6 heteroatoms. The van der Waals surface area contributed by atoms with Gasteiger partial charge in [-0.3, -0.25) is 0 Å². The number of hydrogen-bond donors (Lipinski definition) is 0. The van der Waals surface area contributed by atoms with Crippen LogP contribution in [0.5, 0.6) is 0 Å². The van der Waals surface area contributed by atoms with Gasteiger partial charge in [-0.25, -0.2) is 0 Å². The maximum absolute atomic E-state index is 6.47. The van der Waals surface area contributed by atoms with E-state index < -0.39 is 13.1 Å². The third-order valence-corrected chi connectivity index (χ3v) is 25.9. The van der Waals surface area contributed by atoms with E-state index in [4.69, 9.17) is 37.1 Å². The number of benzene rings is 4. The van der Waals surface area contributed by atoms with Gasteiger partial charge in [-0.1, -0.05) is 0 Å². The van der Waals surface area contributed by atoms with Crippen LogP contribution in [0.2, 0.25) is 0 Å². The molecule has 4 rings (SSSR count). The van der Waals surface area contributed by atoms with Crippen molar-refractivity contribution in [3.63, 3.8) is 0 Å². The Labute approximate surface area is 236 Å². The Hall–Kier alpha value is -1.51. The van der Waals surface area contributed by atoms with E-state index in [0.29, 0.717) is 3.94 Å². The molecule has 0 aromatic heterocycles. The monoisotopic (exact) mass is 580 g/mol. The van der Waals surface area contributed by atoms with Crippen LogP contribution in [0.1, 0.15) is 13.8 Å². The average molecular weight is 581 g/mol. The van der Waals surface area contributed by atoms with Crippen molar-refractivity contribution in [2.75, 3.05) is 12.3 Å². The van der Waals surface area contributed by atoms with Gasteiger partial charge in [-0.05, 0) is 0 Å². The molecule has 0 saturated carbocycles. The van der Waals surface area contributed by atoms with E-state index in [-0.39, 0.29) is 0 Å². The van der Waals surface area contributed by atoms with Crippen LogP contribution in [0.4, 0.5) is 0 Å². The summed E-state index contributed by atoms with van der Waals surface area (Å²) in [5.41, 5.74) is 0. The maximum atomic E-state index is 6.47. The zero-order valence-corrected chi connectivity index (χ0v) is 25.5. The molecule has 0 heterocycles. The zero-order chi connectivity index (χ0) is 25.7. The van der Waals surface area contributed by atoms with E-state index in [1.165, 1.54) is 21.2 Å². The van der Waals surface area contributed by atoms with Gasteiger partial charge in [0.15, 0.2) is 0 Å². The number of thiocarbonyl (C=S) groups is 2. The Morgan fingerprint density at radius 3 is 1.11 bits per heavy atom. The van der Waals surface area contributed by atoms with Crippen molar-refractivity contribution < 1.29 is 0 Å². The molecule has 0 aliphatic carbocycles. The quantitative estimate of drug-likeness (QED) is 0.113. The van der Waals surface area contributed by atoms with Crippen molar-refractivity contribution in [2.24, 2.45) is 0 Å². The third-order valence-electron chi connectivity index (χ3n) is 7.03. The Morgan fingerprint density at radius 1 is 0.611 bits per heavy atom. The van der Waals surface area contributed by atoms with Crippen molar-refractivity contribution in [1.82, 2.24) is 0 Å². The predicted octanol–water partition coefficient (Wildman–Crippen LogP) is 7.66. The van der Waals surface area contributed by atoms with Gasteiger partial charge in [0.05, 0.1) is 0 Å². The van der Waals surface area contributed by atoms with Crippen LogP contribution in [0, 0.1) is 0 Å². The van der Waals surface area contributed by atoms with Crippen molar-refractivity contribution in [3.05, 3.63) is 121 Å². The Bertz CT molecular complexity index is 1150. The summed E-state index contributed by atoms with van der Waals surface area (Å²) in [4.78, 5) is 0. The molecule has 0 fully saturated rings. The molecule has 0 atom stereocenters. The molecule has 0 amide bonds. The summed E-state index contributed by atoms with van der Waals surface area (Å²) < 4.78 is 1.66. The van der Waals surface area contributed by atoms with E-state index in [9.17, 15) is 0 Å².